The van der Waals surface area contributed by atoms with Gasteiger partial charge in [-0.15, -0.1) is 0 Å². The smallest absolute Gasteiger partial charge is 0.328 e. The number of amides is 6. The summed E-state index contributed by atoms with van der Waals surface area (Å²) in [5.74, 6) is -6.04. The third-order valence-electron chi connectivity index (χ3n) is 9.06. The molecule has 6 amide bonds. The van der Waals surface area contributed by atoms with E-state index in [-0.39, 0.29) is 18.6 Å². The van der Waals surface area contributed by atoms with Crippen LogP contribution in [0, 0.1) is 29.1 Å². The molecule has 0 radical (unpaired) electrons. The summed E-state index contributed by atoms with van der Waals surface area (Å²) in [6.07, 6.45) is 2.10. The number of phenols is 1. The van der Waals surface area contributed by atoms with E-state index in [0.29, 0.717) is 27.5 Å². The number of hydrogen-bond donors (Lipinski definition) is 2. The number of nitrogens with two attached hydrogens (primary N) is 1. The number of likely N-dealkylation sites (tertiary alicyclic amines) is 1. The quantitative estimate of drug-likeness (QED) is 0.459. The molecule has 1 saturated carbocycles. The number of urea groups is 1. The molecule has 6 rings (SSSR count). The second-order valence-corrected chi connectivity index (χ2v) is 10.7. The molecule has 2 saturated heterocycles. The predicted octanol–water partition coefficient (Wildman–Crippen LogP) is 2.71. The van der Waals surface area contributed by atoms with Crippen molar-refractivity contribution in [3.05, 3.63) is 65.7 Å². The van der Waals surface area contributed by atoms with E-state index in [9.17, 15) is 29.1 Å². The predicted molar refractivity (Wildman–Crippen MR) is 137 cm³/mol. The van der Waals surface area contributed by atoms with E-state index < -0.39 is 64.7 Å². The van der Waals surface area contributed by atoms with Gasteiger partial charge in [-0.25, -0.2) is 9.69 Å². The fourth-order valence-corrected chi connectivity index (χ4v) is 7.36. The molecule has 200 valence electrons. The van der Waals surface area contributed by atoms with Crippen molar-refractivity contribution >= 4 is 35.3 Å². The molecule has 39 heavy (non-hydrogen) atoms. The van der Waals surface area contributed by atoms with Crippen molar-refractivity contribution in [2.24, 2.45) is 34.8 Å². The average Bonchev–Trinajstić information content (AvgIpc) is 3.29. The maximum Gasteiger partial charge on any atom is 0.328 e. The Bertz CT molecular complexity index is 1480. The van der Waals surface area contributed by atoms with Crippen LogP contribution in [-0.4, -0.2) is 46.8 Å². The number of para-hydroxylation sites is 1. The molecule has 4 aliphatic rings. The number of anilines is 1. The lowest BCUT2D eigenvalue weighted by Crippen LogP contribution is -2.49. The monoisotopic (exact) mass is 529 g/mol. The van der Waals surface area contributed by atoms with Gasteiger partial charge in [0.1, 0.15) is 11.5 Å². The number of imide groups is 4. The third kappa shape index (κ3) is 3.17. The summed E-state index contributed by atoms with van der Waals surface area (Å²) < 4.78 is 5.61. The zero-order valence-electron chi connectivity index (χ0n) is 21.4. The molecule has 2 aliphatic carbocycles. The number of ether oxygens (including phenoxy) is 1. The molecule has 0 bridgehead atoms. The minimum atomic E-state index is -1.33. The van der Waals surface area contributed by atoms with E-state index in [2.05, 4.69) is 0 Å². The Hall–Kier alpha value is -4.47. The highest BCUT2D eigenvalue weighted by Crippen LogP contribution is 2.65. The Balaban J connectivity index is 1.57. The van der Waals surface area contributed by atoms with Crippen LogP contribution < -0.4 is 15.4 Å². The first-order chi connectivity index (χ1) is 18.6. The molecule has 10 heteroatoms. The number of benzene rings is 2. The van der Waals surface area contributed by atoms with Crippen molar-refractivity contribution in [3.8, 4) is 11.5 Å². The number of hydrogen-bond acceptors (Lipinski definition) is 7. The maximum atomic E-state index is 14.3. The number of phenolic OH excluding ortho intramolecular Hbond substituents is 1. The summed E-state index contributed by atoms with van der Waals surface area (Å²) in [6.45, 7) is 1.72. The van der Waals surface area contributed by atoms with Crippen molar-refractivity contribution < 1.29 is 33.8 Å². The van der Waals surface area contributed by atoms with Crippen molar-refractivity contribution in [1.29, 1.82) is 0 Å². The Kier molecular flexibility index (Phi) is 5.43. The number of fused-ring (bicyclic) bond motifs is 4. The number of carbonyl (C=O) groups excluding carboxylic acids is 5. The van der Waals surface area contributed by atoms with Gasteiger partial charge in [0.05, 0.1) is 36.0 Å². The second kappa shape index (κ2) is 8.52. The SMILES string of the molecule is COc1cccc(O)c1C1C2=CCC3C(=O)N(C(N)=O)C(=O)C3C2CC2C(=O)N(c3ccccc3)C(=O)C21C. The van der Waals surface area contributed by atoms with Crippen LogP contribution in [0.25, 0.3) is 0 Å². The van der Waals surface area contributed by atoms with Crippen LogP contribution in [0.4, 0.5) is 10.5 Å². The molecule has 2 aromatic rings. The topological polar surface area (TPSA) is 147 Å². The van der Waals surface area contributed by atoms with Crippen molar-refractivity contribution in [3.63, 3.8) is 0 Å². The molecule has 2 aromatic carbocycles. The fourth-order valence-electron chi connectivity index (χ4n) is 7.36. The van der Waals surface area contributed by atoms with Crippen molar-refractivity contribution in [2.45, 2.75) is 25.7 Å². The minimum absolute atomic E-state index is 0.117. The standard InChI is InChI=1S/C29H27N3O7/c1-29-18(25(35)31(27(29)37)14-7-4-3-5-8-14)13-17-15(23(29)22-19(33)9-6-10-20(22)39-2)11-12-16-21(17)26(36)32(24(16)34)28(30)38/h3-11,16-18,21,23,33H,12-13H2,1-2H3,(H2,30,38). The van der Waals surface area contributed by atoms with Gasteiger partial charge in [0.25, 0.3) is 0 Å². The minimum Gasteiger partial charge on any atom is -0.508 e. The van der Waals surface area contributed by atoms with Crippen LogP contribution >= 0.6 is 0 Å². The molecular weight excluding hydrogens is 502 g/mol. The van der Waals surface area contributed by atoms with Gasteiger partial charge >= 0.3 is 6.03 Å². The van der Waals surface area contributed by atoms with Gasteiger partial charge in [-0.1, -0.05) is 35.9 Å². The molecule has 2 aliphatic heterocycles. The highest BCUT2D eigenvalue weighted by Gasteiger charge is 2.68. The van der Waals surface area contributed by atoms with Crippen LogP contribution in [0.5, 0.6) is 11.5 Å². The molecule has 3 N–H and O–H groups in total. The van der Waals surface area contributed by atoms with Gasteiger partial charge in [0.2, 0.25) is 23.6 Å². The molecule has 0 aromatic heterocycles. The summed E-state index contributed by atoms with van der Waals surface area (Å²) in [4.78, 5) is 68.4. The van der Waals surface area contributed by atoms with Gasteiger partial charge in [0.15, 0.2) is 0 Å². The first kappa shape index (κ1) is 24.8. The number of aromatic hydroxyl groups is 1. The number of allylic oxidation sites excluding steroid dienone is 2. The molecule has 2 heterocycles. The first-order valence-corrected chi connectivity index (χ1v) is 12.8. The number of primary amides is 1. The van der Waals surface area contributed by atoms with Crippen molar-refractivity contribution in [1.82, 2.24) is 4.90 Å². The second-order valence-electron chi connectivity index (χ2n) is 10.7. The summed E-state index contributed by atoms with van der Waals surface area (Å²) in [5.41, 5.74) is 5.47. The van der Waals surface area contributed by atoms with Crippen molar-refractivity contribution in [2.75, 3.05) is 12.0 Å². The third-order valence-corrected chi connectivity index (χ3v) is 9.06. The van der Waals surface area contributed by atoms with E-state index in [1.54, 1.807) is 49.4 Å². The molecule has 3 fully saturated rings. The van der Waals surface area contributed by atoms with E-state index in [1.807, 2.05) is 6.08 Å². The highest BCUT2D eigenvalue weighted by molar-refractivity contribution is 6.24. The lowest BCUT2D eigenvalue weighted by Gasteiger charge is -2.49. The lowest BCUT2D eigenvalue weighted by molar-refractivity contribution is -0.136. The maximum absolute atomic E-state index is 14.3. The van der Waals surface area contributed by atoms with Gasteiger partial charge in [-0.3, -0.25) is 19.2 Å². The Labute approximate surface area is 224 Å². The summed E-state index contributed by atoms with van der Waals surface area (Å²) in [7, 11) is 1.45. The zero-order chi connectivity index (χ0) is 27.8. The van der Waals surface area contributed by atoms with Crippen LogP contribution in [0.3, 0.4) is 0 Å². The molecule has 6 atom stereocenters. The van der Waals surface area contributed by atoms with Gasteiger partial charge in [-0.2, -0.15) is 4.90 Å². The molecule has 10 nitrogen and oxygen atoms in total. The largest absolute Gasteiger partial charge is 0.508 e. The molecule has 6 unspecified atom stereocenters. The van der Waals surface area contributed by atoms with Crippen LogP contribution in [-0.2, 0) is 19.2 Å². The van der Waals surface area contributed by atoms with Gasteiger partial charge < -0.3 is 15.6 Å². The average molecular weight is 530 g/mol. The number of carbonyl (C=O) groups is 5. The first-order valence-electron chi connectivity index (χ1n) is 12.8. The van der Waals surface area contributed by atoms with Gasteiger partial charge in [-0.05, 0) is 49.9 Å². The van der Waals surface area contributed by atoms with E-state index >= 15 is 0 Å². The Morgan fingerprint density at radius 2 is 1.72 bits per heavy atom. The Morgan fingerprint density at radius 3 is 2.38 bits per heavy atom. The summed E-state index contributed by atoms with van der Waals surface area (Å²) >= 11 is 0. The summed E-state index contributed by atoms with van der Waals surface area (Å²) in [6, 6.07) is 12.2. The molecule has 0 spiro atoms. The fraction of sp³-hybridized carbons (Fsp3) is 0.345. The number of nitrogens with zero attached hydrogens (tertiary/aromatic N) is 2. The Morgan fingerprint density at radius 1 is 1.00 bits per heavy atom. The number of rotatable bonds is 3. The summed E-state index contributed by atoms with van der Waals surface area (Å²) in [5, 5.41) is 11.1. The van der Waals surface area contributed by atoms with E-state index in [0.717, 1.165) is 0 Å². The van der Waals surface area contributed by atoms with E-state index in [1.165, 1.54) is 18.1 Å². The number of methoxy groups -OCH3 is 1. The van der Waals surface area contributed by atoms with Crippen LogP contribution in [0.2, 0.25) is 0 Å². The lowest BCUT2D eigenvalue weighted by atomic mass is 9.51. The highest BCUT2D eigenvalue weighted by atomic mass is 16.5. The van der Waals surface area contributed by atoms with Gasteiger partial charge in [0, 0.05) is 11.5 Å². The van der Waals surface area contributed by atoms with Crippen LogP contribution in [0.15, 0.2) is 60.2 Å². The van der Waals surface area contributed by atoms with E-state index in [4.69, 9.17) is 10.5 Å². The van der Waals surface area contributed by atoms with Crippen LogP contribution in [0.1, 0.15) is 31.2 Å². The normalized spacial score (nSPS) is 31.5. The zero-order valence-corrected chi connectivity index (χ0v) is 21.4. The molecular formula is C29H27N3O7.